The molecule has 0 amide bonds. The molecule has 1 atom stereocenters. The van der Waals surface area contributed by atoms with E-state index in [9.17, 15) is 19.2 Å². The second kappa shape index (κ2) is 16.8. The summed E-state index contributed by atoms with van der Waals surface area (Å²) in [6.45, 7) is 6.63. The van der Waals surface area contributed by atoms with Crippen LogP contribution in [-0.4, -0.2) is 43.7 Å². The number of esters is 4. The van der Waals surface area contributed by atoms with E-state index < -0.39 is 5.41 Å². The Morgan fingerprint density at radius 2 is 0.838 bits per heavy atom. The molecule has 11 rings (SSSR count). The summed E-state index contributed by atoms with van der Waals surface area (Å²) < 4.78 is 22.3. The summed E-state index contributed by atoms with van der Waals surface area (Å²) in [5.41, 5.74) is 9.84. The van der Waals surface area contributed by atoms with Crippen LogP contribution in [0, 0.1) is 0 Å². The fourth-order valence-electron chi connectivity index (χ4n) is 11.1. The largest absolute Gasteiger partial charge is 0.466 e. The first-order valence-corrected chi connectivity index (χ1v) is 23.2. The Morgan fingerprint density at radius 1 is 0.412 bits per heavy atom. The molecule has 10 aromatic rings. The van der Waals surface area contributed by atoms with Crippen molar-refractivity contribution >= 4 is 88.5 Å². The molecule has 1 aliphatic carbocycles. The lowest BCUT2D eigenvalue weighted by Crippen LogP contribution is -2.33. The molecule has 0 saturated carbocycles. The Bertz CT molecular complexity index is 3660. The molecule has 0 spiro atoms. The highest BCUT2D eigenvalue weighted by atomic mass is 16.5. The maximum atomic E-state index is 12.8. The van der Waals surface area contributed by atoms with E-state index in [1.807, 2.05) is 0 Å². The zero-order valence-electron chi connectivity index (χ0n) is 38.4. The highest BCUT2D eigenvalue weighted by Crippen LogP contribution is 2.54. The topological polar surface area (TPSA) is 105 Å². The first-order chi connectivity index (χ1) is 33.0. The Kier molecular flexibility index (Phi) is 10.6. The van der Waals surface area contributed by atoms with Crippen molar-refractivity contribution in [1.82, 2.24) is 0 Å². The zero-order chi connectivity index (χ0) is 46.8. The van der Waals surface area contributed by atoms with Gasteiger partial charge in [-0.2, -0.15) is 0 Å². The minimum atomic E-state index is -0.767. The van der Waals surface area contributed by atoms with E-state index in [1.54, 1.807) is 0 Å². The third kappa shape index (κ3) is 7.32. The summed E-state index contributed by atoms with van der Waals surface area (Å²) in [4.78, 5) is 48.0. The molecule has 0 aromatic heterocycles. The van der Waals surface area contributed by atoms with Gasteiger partial charge in [-0.05, 0) is 157 Å². The highest BCUT2D eigenvalue weighted by molar-refractivity contribution is 6.27. The quantitative estimate of drug-likeness (QED) is 0.0488. The number of carbonyl (C=O) groups excluding carboxylic acids is 4. The lowest BCUT2D eigenvalue weighted by molar-refractivity contribution is -0.143. The lowest BCUT2D eigenvalue weighted by Gasteiger charge is -2.32. The van der Waals surface area contributed by atoms with Crippen molar-refractivity contribution in [3.63, 3.8) is 0 Å². The van der Waals surface area contributed by atoms with Gasteiger partial charge in [-0.1, -0.05) is 109 Å². The normalized spacial score (nSPS) is 14.3. The van der Waals surface area contributed by atoms with Gasteiger partial charge < -0.3 is 18.9 Å². The van der Waals surface area contributed by atoms with Crippen LogP contribution in [-0.2, 0) is 56.6 Å². The van der Waals surface area contributed by atoms with Gasteiger partial charge >= 0.3 is 23.9 Å². The number of hydrogen-bond acceptors (Lipinski definition) is 8. The molecule has 10 aromatic carbocycles. The minimum Gasteiger partial charge on any atom is -0.466 e. The van der Waals surface area contributed by atoms with E-state index in [1.165, 1.54) is 43.9 Å². The maximum Gasteiger partial charge on any atom is 0.302 e. The fraction of sp³-hybridized carbons (Fsp3) is 0.200. The van der Waals surface area contributed by atoms with Gasteiger partial charge in [-0.15, -0.1) is 0 Å². The zero-order valence-corrected chi connectivity index (χ0v) is 38.4. The highest BCUT2D eigenvalue weighted by Gasteiger charge is 2.44. The van der Waals surface area contributed by atoms with Gasteiger partial charge in [-0.3, -0.25) is 19.2 Å². The summed E-state index contributed by atoms with van der Waals surface area (Å²) >= 11 is 0. The summed E-state index contributed by atoms with van der Waals surface area (Å²) in [6, 6.07) is 48.2. The van der Waals surface area contributed by atoms with Gasteiger partial charge in [0.1, 0.15) is 13.2 Å². The Hall–Kier alpha value is -7.84. The number of fused-ring (bicyclic) bond motifs is 3. The van der Waals surface area contributed by atoms with Crippen LogP contribution in [0.5, 0.6) is 0 Å². The first-order valence-electron chi connectivity index (χ1n) is 23.2. The smallest absolute Gasteiger partial charge is 0.302 e. The van der Waals surface area contributed by atoms with Crippen molar-refractivity contribution in [3.8, 4) is 33.4 Å². The van der Waals surface area contributed by atoms with Crippen molar-refractivity contribution in [2.75, 3.05) is 19.8 Å². The van der Waals surface area contributed by atoms with Gasteiger partial charge in [0.15, 0.2) is 0 Å². The molecule has 8 nitrogen and oxygen atoms in total. The second-order valence-electron chi connectivity index (χ2n) is 18.3. The van der Waals surface area contributed by atoms with E-state index in [-0.39, 0.29) is 43.7 Å². The second-order valence-corrected chi connectivity index (χ2v) is 18.3. The summed E-state index contributed by atoms with van der Waals surface area (Å²) in [6.07, 6.45) is 1.75. The monoisotopic (exact) mass is 896 g/mol. The van der Waals surface area contributed by atoms with Crippen molar-refractivity contribution in [1.29, 1.82) is 0 Å². The molecule has 0 fully saturated rings. The van der Waals surface area contributed by atoms with E-state index in [2.05, 4.69) is 133 Å². The molecular weight excluding hydrogens is 849 g/mol. The van der Waals surface area contributed by atoms with Crippen LogP contribution < -0.4 is 0 Å². The molecule has 0 saturated heterocycles. The molecule has 1 unspecified atom stereocenters. The van der Waals surface area contributed by atoms with Crippen molar-refractivity contribution in [2.45, 2.75) is 59.0 Å². The van der Waals surface area contributed by atoms with Crippen LogP contribution in [0.1, 0.15) is 62.8 Å². The molecule has 0 aliphatic heterocycles. The van der Waals surface area contributed by atoms with Crippen LogP contribution >= 0.6 is 0 Å². The van der Waals surface area contributed by atoms with Crippen molar-refractivity contribution in [2.24, 2.45) is 0 Å². The maximum absolute atomic E-state index is 12.8. The summed E-state index contributed by atoms with van der Waals surface area (Å²) in [5.74, 6) is -1.29. The Labute approximate surface area is 393 Å². The molecule has 0 N–H and O–H groups in total. The Morgan fingerprint density at radius 3 is 1.34 bits per heavy atom. The number of hydrogen-bond donors (Lipinski definition) is 0. The molecule has 0 bridgehead atoms. The van der Waals surface area contributed by atoms with Gasteiger partial charge in [0.25, 0.3) is 0 Å². The predicted molar refractivity (Wildman–Crippen MR) is 269 cm³/mol. The molecule has 8 heteroatoms. The van der Waals surface area contributed by atoms with Crippen LogP contribution in [0.2, 0.25) is 0 Å². The van der Waals surface area contributed by atoms with Gasteiger partial charge in [-0.25, -0.2) is 0 Å². The molecule has 0 radical (unpaired) electrons. The average molecular weight is 897 g/mol. The van der Waals surface area contributed by atoms with E-state index in [0.29, 0.717) is 25.9 Å². The van der Waals surface area contributed by atoms with Crippen molar-refractivity contribution < 1.29 is 38.1 Å². The molecule has 68 heavy (non-hydrogen) atoms. The van der Waals surface area contributed by atoms with Gasteiger partial charge in [0.05, 0.1) is 18.6 Å². The SMILES string of the molecule is CC(=O)OCCCC1(COC(C)=O)c2cc(-c3ccc4ccc5cc(CCOC(C)=O)cc6ccc3c4c56)ccc2-c2ccc(-c3ccc4ccc5cc(COC(C)=O)cc6ccc3c4c56)cc21. The third-order valence-electron chi connectivity index (χ3n) is 14.0. The molecular formula is C60H48O8. The van der Waals surface area contributed by atoms with Crippen LogP contribution in [0.15, 0.2) is 133 Å². The van der Waals surface area contributed by atoms with E-state index in [4.69, 9.17) is 18.9 Å². The standard InChI is InChI=1S/C60H48O8/c1-34(61)65-24-5-23-60(33-68-37(4)64)54-30-42(48-16-10-40-6-8-44-26-38(22-25-66-35(2)62)27-46-14-20-52(48)58(40)56(44)46)12-18-50(54)51-19-13-43(31-55(51)60)49-17-11-41-7-9-45-28-39(32-67-36(3)63)29-47-15-21-53(49)59(41)57(45)47/h6-21,26-31H,5,22-25,32-33H2,1-4H3. The van der Waals surface area contributed by atoms with Crippen LogP contribution in [0.25, 0.3) is 98.0 Å². The average Bonchev–Trinajstić information content (AvgIpc) is 3.59. The van der Waals surface area contributed by atoms with Gasteiger partial charge in [0.2, 0.25) is 0 Å². The predicted octanol–water partition coefficient (Wildman–Crippen LogP) is 13.2. The molecule has 1 aliphatic rings. The first kappa shape index (κ1) is 42.8. The molecule has 336 valence electrons. The lowest BCUT2D eigenvalue weighted by atomic mass is 9.74. The van der Waals surface area contributed by atoms with E-state index in [0.717, 1.165) is 104 Å². The van der Waals surface area contributed by atoms with Crippen LogP contribution in [0.4, 0.5) is 0 Å². The van der Waals surface area contributed by atoms with Crippen LogP contribution in [0.3, 0.4) is 0 Å². The summed E-state index contributed by atoms with van der Waals surface area (Å²) in [7, 11) is 0. The Balaban J connectivity index is 1.05. The minimum absolute atomic E-state index is 0.113. The number of carbonyl (C=O) groups is 4. The fourth-order valence-corrected chi connectivity index (χ4v) is 11.1. The summed E-state index contributed by atoms with van der Waals surface area (Å²) in [5, 5.41) is 13.7. The van der Waals surface area contributed by atoms with Crippen molar-refractivity contribution in [3.05, 3.63) is 156 Å². The third-order valence-corrected chi connectivity index (χ3v) is 14.0. The number of rotatable bonds is 13. The molecule has 0 heterocycles. The van der Waals surface area contributed by atoms with Gasteiger partial charge in [0, 0.05) is 34.1 Å². The number of ether oxygens (including phenoxy) is 4. The number of benzene rings is 10. The van der Waals surface area contributed by atoms with E-state index >= 15 is 0 Å².